The highest BCUT2D eigenvalue weighted by Gasteiger charge is 2.40. The molecule has 4 aromatic carbocycles. The first-order chi connectivity index (χ1) is 23.2. The lowest BCUT2D eigenvalue weighted by Gasteiger charge is -2.40. The molecule has 0 bridgehead atoms. The van der Waals surface area contributed by atoms with Crippen molar-refractivity contribution in [2.24, 2.45) is 0 Å². The first kappa shape index (κ1) is 37.8. The van der Waals surface area contributed by atoms with E-state index in [2.05, 4.69) is 71.2 Å². The third-order valence-corrected chi connectivity index (χ3v) is 13.8. The highest BCUT2D eigenvalue weighted by Crippen LogP contribution is 2.40. The number of nitrogens with one attached hydrogen (secondary N) is 1. The number of benzene rings is 4. The number of hydrogen-bond donors (Lipinski definition) is 3. The Morgan fingerprint density at radius 3 is 2.08 bits per heavy atom. The van der Waals surface area contributed by atoms with E-state index in [0.717, 1.165) is 39.8 Å². The molecule has 0 radical (unpaired) electrons. The van der Waals surface area contributed by atoms with E-state index >= 15 is 0 Å². The topological polar surface area (TPSA) is 88.0 Å². The van der Waals surface area contributed by atoms with Gasteiger partial charge in [0.25, 0.3) is 0 Å². The Kier molecular flexibility index (Phi) is 12.8. The van der Waals surface area contributed by atoms with Gasteiger partial charge in [-0.15, -0.1) is 0 Å². The molecule has 0 fully saturated rings. The zero-order chi connectivity index (χ0) is 35.7. The van der Waals surface area contributed by atoms with Crippen LogP contribution in [0.25, 0.3) is 6.08 Å². The van der Waals surface area contributed by atoms with E-state index < -0.39 is 14.3 Å². The van der Waals surface area contributed by atoms with Gasteiger partial charge >= 0.3 is 5.97 Å². The van der Waals surface area contributed by atoms with E-state index in [1.807, 2.05) is 84.9 Å². The zero-order valence-corrected chi connectivity index (χ0v) is 31.1. The minimum absolute atomic E-state index is 0.0165. The molecule has 0 saturated heterocycles. The number of carboxylic acid groups (broad SMARTS) is 1. The molecule has 4 rings (SSSR count). The quantitative estimate of drug-likeness (QED) is 0.0809. The van der Waals surface area contributed by atoms with Gasteiger partial charge in [-0.1, -0.05) is 112 Å². The van der Waals surface area contributed by atoms with E-state index in [0.29, 0.717) is 30.9 Å². The Balaban J connectivity index is 1.52. The second-order valence-electron chi connectivity index (χ2n) is 15.0. The zero-order valence-electron chi connectivity index (χ0n) is 30.1. The van der Waals surface area contributed by atoms with Crippen LogP contribution in [0.2, 0.25) is 18.1 Å². The molecule has 0 aliphatic rings. The molecular formula is C42H53NO5Si. The summed E-state index contributed by atoms with van der Waals surface area (Å²) in [6, 6.07) is 33.8. The van der Waals surface area contributed by atoms with E-state index in [1.165, 1.54) is 0 Å². The summed E-state index contributed by atoms with van der Waals surface area (Å²) in [5.41, 5.74) is 5.79. The van der Waals surface area contributed by atoms with Crippen molar-refractivity contribution >= 4 is 20.4 Å². The highest BCUT2D eigenvalue weighted by molar-refractivity contribution is 6.74. The smallest absolute Gasteiger partial charge is 0.331 e. The van der Waals surface area contributed by atoms with Crippen LogP contribution in [0.15, 0.2) is 109 Å². The predicted octanol–water partition coefficient (Wildman–Crippen LogP) is 9.14. The molecule has 0 aromatic heterocycles. The Labute approximate surface area is 294 Å². The molecule has 0 unspecified atom stereocenters. The number of ether oxygens (including phenoxy) is 1. The molecule has 0 heterocycles. The molecule has 1 atom stereocenters. The summed E-state index contributed by atoms with van der Waals surface area (Å²) in [5, 5.41) is 24.0. The van der Waals surface area contributed by atoms with Crippen molar-refractivity contribution in [3.8, 4) is 5.75 Å². The monoisotopic (exact) mass is 679 g/mol. The summed E-state index contributed by atoms with van der Waals surface area (Å²) in [6.45, 7) is 16.5. The fourth-order valence-electron chi connectivity index (χ4n) is 5.50. The van der Waals surface area contributed by atoms with Crippen molar-refractivity contribution in [3.05, 3.63) is 142 Å². The van der Waals surface area contributed by atoms with Crippen LogP contribution in [-0.2, 0) is 35.3 Å². The molecule has 0 amide bonds. The summed E-state index contributed by atoms with van der Waals surface area (Å²) in [7, 11) is -2.17. The second kappa shape index (κ2) is 16.6. The lowest BCUT2D eigenvalue weighted by Crippen LogP contribution is -2.47. The van der Waals surface area contributed by atoms with E-state index in [-0.39, 0.29) is 23.3 Å². The average molecular weight is 680 g/mol. The van der Waals surface area contributed by atoms with E-state index in [9.17, 15) is 15.0 Å². The normalized spacial score (nSPS) is 13.3. The molecule has 260 valence electrons. The van der Waals surface area contributed by atoms with Crippen molar-refractivity contribution in [2.45, 2.75) is 90.4 Å². The van der Waals surface area contributed by atoms with Gasteiger partial charge in [0.1, 0.15) is 12.4 Å². The lowest BCUT2D eigenvalue weighted by molar-refractivity contribution is -0.132. The van der Waals surface area contributed by atoms with Gasteiger partial charge in [0.05, 0.1) is 12.7 Å². The minimum atomic E-state index is -2.17. The molecule has 0 aliphatic heterocycles. The molecule has 7 heteroatoms. The summed E-state index contributed by atoms with van der Waals surface area (Å²) < 4.78 is 13.1. The van der Waals surface area contributed by atoms with Crippen LogP contribution in [-0.4, -0.2) is 36.6 Å². The van der Waals surface area contributed by atoms with Gasteiger partial charge in [0.2, 0.25) is 0 Å². The van der Waals surface area contributed by atoms with Gasteiger partial charge in [-0.05, 0) is 84.4 Å². The maximum absolute atomic E-state index is 12.1. The van der Waals surface area contributed by atoms with Gasteiger partial charge in [-0.25, -0.2) is 4.79 Å². The number of aliphatic hydroxyl groups is 1. The van der Waals surface area contributed by atoms with Crippen LogP contribution in [0.1, 0.15) is 74.1 Å². The van der Waals surface area contributed by atoms with Gasteiger partial charge < -0.3 is 24.7 Å². The summed E-state index contributed by atoms with van der Waals surface area (Å²) in [4.78, 5) is 12.1. The highest BCUT2D eigenvalue weighted by atomic mass is 28.4. The molecule has 0 spiro atoms. The van der Waals surface area contributed by atoms with Crippen LogP contribution >= 0.6 is 0 Å². The van der Waals surface area contributed by atoms with Crippen LogP contribution in [0.3, 0.4) is 0 Å². The fourth-order valence-corrected chi connectivity index (χ4v) is 6.78. The van der Waals surface area contributed by atoms with Crippen molar-refractivity contribution in [1.29, 1.82) is 0 Å². The van der Waals surface area contributed by atoms with Crippen molar-refractivity contribution in [2.75, 3.05) is 6.54 Å². The first-order valence-electron chi connectivity index (χ1n) is 17.1. The van der Waals surface area contributed by atoms with Gasteiger partial charge in [-0.3, -0.25) is 0 Å². The Hall–Kier alpha value is -4.01. The van der Waals surface area contributed by atoms with Gasteiger partial charge in [0.15, 0.2) is 8.32 Å². The van der Waals surface area contributed by atoms with Crippen molar-refractivity contribution in [1.82, 2.24) is 5.32 Å². The average Bonchev–Trinajstić information content (AvgIpc) is 3.05. The number of carbonyl (C=O) groups is 1. The van der Waals surface area contributed by atoms with E-state index in [1.54, 1.807) is 6.08 Å². The fraction of sp³-hybridized carbons (Fsp3) is 0.357. The molecular weight excluding hydrogens is 627 g/mol. The molecule has 49 heavy (non-hydrogen) atoms. The number of hydrogen-bond acceptors (Lipinski definition) is 5. The number of carboxylic acids is 1. The standard InChI is InChI=1S/C42H53NO5Si/c1-41(2,3)49(6,7)48-39(35-21-22-38(37(26-35)29-44)47-30-32-17-12-9-13-18-32)28-43-42(4,5)27-34-20-14-19-33(23-34)25-36(40(45)46)24-31-15-10-8-11-16-31/h8-23,25-26,39,43-44H,24,27-30H2,1-7H3,(H,45,46)/t39-/m1/s1. The van der Waals surface area contributed by atoms with Crippen LogP contribution < -0.4 is 10.1 Å². The number of rotatable bonds is 16. The SMILES string of the molecule is CC(C)(Cc1cccc(C=C(Cc2ccccc2)C(=O)O)c1)NC[C@@H](O[Si](C)(C)C(C)(C)C)c1ccc(OCc2ccccc2)c(CO)c1. The van der Waals surface area contributed by atoms with Crippen molar-refractivity contribution in [3.63, 3.8) is 0 Å². The summed E-state index contributed by atoms with van der Waals surface area (Å²) >= 11 is 0. The van der Waals surface area contributed by atoms with Crippen LogP contribution in [0.5, 0.6) is 5.75 Å². The Bertz CT molecular complexity index is 1690. The summed E-state index contributed by atoms with van der Waals surface area (Å²) in [5.74, 6) is -0.248. The molecule has 4 aromatic rings. The largest absolute Gasteiger partial charge is 0.489 e. The lowest BCUT2D eigenvalue weighted by atomic mass is 9.93. The predicted molar refractivity (Wildman–Crippen MR) is 202 cm³/mol. The van der Waals surface area contributed by atoms with Gasteiger partial charge in [-0.2, -0.15) is 0 Å². The van der Waals surface area contributed by atoms with Crippen LogP contribution in [0, 0.1) is 0 Å². The van der Waals surface area contributed by atoms with Crippen LogP contribution in [0.4, 0.5) is 0 Å². The first-order valence-corrected chi connectivity index (χ1v) is 20.0. The minimum Gasteiger partial charge on any atom is -0.489 e. The Morgan fingerprint density at radius 2 is 1.47 bits per heavy atom. The molecule has 6 nitrogen and oxygen atoms in total. The molecule has 3 N–H and O–H groups in total. The summed E-state index contributed by atoms with van der Waals surface area (Å²) in [6.07, 6.45) is 2.63. The molecule has 0 saturated carbocycles. The maximum atomic E-state index is 12.1. The third kappa shape index (κ3) is 11.3. The van der Waals surface area contributed by atoms with E-state index in [4.69, 9.17) is 9.16 Å². The van der Waals surface area contributed by atoms with Gasteiger partial charge in [0, 0.05) is 29.6 Å². The maximum Gasteiger partial charge on any atom is 0.331 e. The second-order valence-corrected chi connectivity index (χ2v) is 19.7. The third-order valence-electron chi connectivity index (χ3n) is 9.32. The number of aliphatic hydroxyl groups excluding tert-OH is 1. The Morgan fingerprint density at radius 1 is 0.837 bits per heavy atom. The molecule has 0 aliphatic carbocycles. The number of aliphatic carboxylic acids is 1. The van der Waals surface area contributed by atoms with Crippen molar-refractivity contribution < 1.29 is 24.2 Å².